The van der Waals surface area contributed by atoms with E-state index in [0.29, 0.717) is 15.8 Å². The van der Waals surface area contributed by atoms with Gasteiger partial charge >= 0.3 is 0 Å². The quantitative estimate of drug-likeness (QED) is 0.907. The fraction of sp³-hybridized carbons (Fsp3) is 0.154. The molecule has 4 nitrogen and oxygen atoms in total. The van der Waals surface area contributed by atoms with Crippen molar-refractivity contribution < 1.29 is 18.7 Å². The van der Waals surface area contributed by atoms with Crippen molar-refractivity contribution in [3.8, 4) is 0 Å². The van der Waals surface area contributed by atoms with Crippen LogP contribution in [0.4, 0.5) is 4.39 Å². The SMILES string of the molecule is O=C(NCC(O)c1ccc(F)cc1)c1coc(Br)c1. The summed E-state index contributed by atoms with van der Waals surface area (Å²) in [7, 11) is 0. The van der Waals surface area contributed by atoms with Crippen LogP contribution in [0.15, 0.2) is 45.7 Å². The van der Waals surface area contributed by atoms with E-state index in [1.165, 1.54) is 36.6 Å². The fourth-order valence-corrected chi connectivity index (χ4v) is 1.86. The van der Waals surface area contributed by atoms with Gasteiger partial charge in [-0.15, -0.1) is 0 Å². The molecule has 1 atom stereocenters. The lowest BCUT2D eigenvalue weighted by atomic mass is 10.1. The molecule has 0 radical (unpaired) electrons. The van der Waals surface area contributed by atoms with Gasteiger partial charge in [0.2, 0.25) is 0 Å². The number of halogens is 2. The van der Waals surface area contributed by atoms with Crippen LogP contribution in [0.1, 0.15) is 22.0 Å². The zero-order chi connectivity index (χ0) is 13.8. The van der Waals surface area contributed by atoms with Crippen LogP contribution in [0.2, 0.25) is 0 Å². The van der Waals surface area contributed by atoms with Crippen molar-refractivity contribution in [3.63, 3.8) is 0 Å². The number of carbonyl (C=O) groups excluding carboxylic acids is 1. The van der Waals surface area contributed by atoms with Crippen LogP contribution in [0.5, 0.6) is 0 Å². The summed E-state index contributed by atoms with van der Waals surface area (Å²) in [5, 5.41) is 12.4. The van der Waals surface area contributed by atoms with E-state index in [4.69, 9.17) is 4.42 Å². The zero-order valence-electron chi connectivity index (χ0n) is 9.77. The number of benzene rings is 1. The summed E-state index contributed by atoms with van der Waals surface area (Å²) in [6.07, 6.45) is 0.420. The number of carbonyl (C=O) groups is 1. The van der Waals surface area contributed by atoms with Gasteiger partial charge in [-0.1, -0.05) is 12.1 Å². The molecule has 1 heterocycles. The van der Waals surface area contributed by atoms with Crippen molar-refractivity contribution in [2.24, 2.45) is 0 Å². The van der Waals surface area contributed by atoms with Crippen molar-refractivity contribution in [2.75, 3.05) is 6.54 Å². The summed E-state index contributed by atoms with van der Waals surface area (Å²) < 4.78 is 18.1. The summed E-state index contributed by atoms with van der Waals surface area (Å²) in [4.78, 5) is 11.7. The van der Waals surface area contributed by atoms with Gasteiger partial charge in [-0.2, -0.15) is 0 Å². The van der Waals surface area contributed by atoms with Crippen molar-refractivity contribution >= 4 is 21.8 Å². The number of aliphatic hydroxyl groups is 1. The predicted octanol–water partition coefficient (Wildman–Crippen LogP) is 2.64. The molecule has 1 aromatic carbocycles. The fourth-order valence-electron chi connectivity index (χ4n) is 1.52. The van der Waals surface area contributed by atoms with Gasteiger partial charge in [-0.05, 0) is 33.6 Å². The molecule has 1 unspecified atom stereocenters. The van der Waals surface area contributed by atoms with E-state index in [9.17, 15) is 14.3 Å². The van der Waals surface area contributed by atoms with Gasteiger partial charge in [0.1, 0.15) is 12.1 Å². The molecule has 19 heavy (non-hydrogen) atoms. The smallest absolute Gasteiger partial charge is 0.254 e. The topological polar surface area (TPSA) is 62.5 Å². The molecule has 1 aromatic heterocycles. The van der Waals surface area contributed by atoms with E-state index >= 15 is 0 Å². The Morgan fingerprint density at radius 3 is 2.68 bits per heavy atom. The molecule has 2 N–H and O–H groups in total. The Bertz CT molecular complexity index is 568. The van der Waals surface area contributed by atoms with E-state index in [2.05, 4.69) is 21.2 Å². The molecule has 0 aliphatic rings. The highest BCUT2D eigenvalue weighted by atomic mass is 79.9. The van der Waals surface area contributed by atoms with Crippen LogP contribution in [-0.2, 0) is 0 Å². The first kappa shape index (κ1) is 13.8. The van der Waals surface area contributed by atoms with Crippen LogP contribution >= 0.6 is 15.9 Å². The number of hydrogen-bond acceptors (Lipinski definition) is 3. The van der Waals surface area contributed by atoms with Crippen molar-refractivity contribution in [1.29, 1.82) is 0 Å². The Hall–Kier alpha value is -1.66. The third kappa shape index (κ3) is 3.65. The standard InChI is InChI=1S/C13H11BrFNO3/c14-12-5-9(7-19-12)13(18)16-6-11(17)8-1-3-10(15)4-2-8/h1-5,7,11,17H,6H2,(H,16,18). The molecule has 0 spiro atoms. The second kappa shape index (κ2) is 5.99. The van der Waals surface area contributed by atoms with Gasteiger partial charge < -0.3 is 14.8 Å². The van der Waals surface area contributed by atoms with Crippen LogP contribution in [-0.4, -0.2) is 17.6 Å². The van der Waals surface area contributed by atoms with Crippen molar-refractivity contribution in [2.45, 2.75) is 6.10 Å². The predicted molar refractivity (Wildman–Crippen MR) is 70.1 cm³/mol. The maximum Gasteiger partial charge on any atom is 0.254 e. The summed E-state index contributed by atoms with van der Waals surface area (Å²) in [6.45, 7) is 0.0350. The van der Waals surface area contributed by atoms with Crippen LogP contribution in [0.3, 0.4) is 0 Å². The minimum atomic E-state index is -0.889. The average Bonchev–Trinajstić information content (AvgIpc) is 2.83. The normalized spacial score (nSPS) is 12.2. The van der Waals surface area contributed by atoms with Gasteiger partial charge in [0.25, 0.3) is 5.91 Å². The zero-order valence-corrected chi connectivity index (χ0v) is 11.4. The Morgan fingerprint density at radius 1 is 1.42 bits per heavy atom. The molecule has 0 saturated carbocycles. The molecule has 0 saturated heterocycles. The molecule has 0 bridgehead atoms. The number of nitrogens with one attached hydrogen (secondary N) is 1. The first-order valence-corrected chi connectivity index (χ1v) is 6.31. The Kier molecular flexibility index (Phi) is 4.34. The molecule has 1 amide bonds. The lowest BCUT2D eigenvalue weighted by Crippen LogP contribution is -2.28. The second-order valence-corrected chi connectivity index (χ2v) is 4.70. The lowest BCUT2D eigenvalue weighted by Gasteiger charge is -2.11. The van der Waals surface area contributed by atoms with Gasteiger partial charge in [-0.25, -0.2) is 4.39 Å². The van der Waals surface area contributed by atoms with Crippen molar-refractivity contribution in [3.05, 3.63) is 58.2 Å². The highest BCUT2D eigenvalue weighted by molar-refractivity contribution is 9.10. The van der Waals surface area contributed by atoms with Crippen LogP contribution in [0.25, 0.3) is 0 Å². The number of rotatable bonds is 4. The third-order valence-electron chi connectivity index (χ3n) is 2.54. The molecule has 2 rings (SSSR count). The minimum absolute atomic E-state index is 0.0350. The Balaban J connectivity index is 1.91. The maximum atomic E-state index is 12.7. The highest BCUT2D eigenvalue weighted by Crippen LogP contribution is 2.15. The Morgan fingerprint density at radius 2 is 2.11 bits per heavy atom. The first-order chi connectivity index (χ1) is 9.06. The highest BCUT2D eigenvalue weighted by Gasteiger charge is 2.12. The monoisotopic (exact) mass is 327 g/mol. The number of hydrogen-bond donors (Lipinski definition) is 2. The van der Waals surface area contributed by atoms with E-state index in [1.54, 1.807) is 0 Å². The lowest BCUT2D eigenvalue weighted by molar-refractivity contribution is 0.0915. The van der Waals surface area contributed by atoms with E-state index in [1.807, 2.05) is 0 Å². The molecular formula is C13H11BrFNO3. The average molecular weight is 328 g/mol. The number of aliphatic hydroxyl groups excluding tert-OH is 1. The largest absolute Gasteiger partial charge is 0.457 e. The molecule has 0 fully saturated rings. The van der Waals surface area contributed by atoms with Gasteiger partial charge in [0.15, 0.2) is 4.67 Å². The first-order valence-electron chi connectivity index (χ1n) is 5.52. The number of amides is 1. The molecule has 0 aliphatic heterocycles. The van der Waals surface area contributed by atoms with Crippen LogP contribution in [0, 0.1) is 5.82 Å². The summed E-state index contributed by atoms with van der Waals surface area (Å²) in [6, 6.07) is 6.99. The van der Waals surface area contributed by atoms with Gasteiger partial charge in [0.05, 0.1) is 11.7 Å². The summed E-state index contributed by atoms with van der Waals surface area (Å²) in [5.74, 6) is -0.723. The van der Waals surface area contributed by atoms with E-state index < -0.39 is 6.10 Å². The summed E-state index contributed by atoms with van der Waals surface area (Å²) in [5.41, 5.74) is 0.897. The maximum absolute atomic E-state index is 12.7. The number of furan rings is 1. The van der Waals surface area contributed by atoms with E-state index in [-0.39, 0.29) is 18.3 Å². The van der Waals surface area contributed by atoms with Crippen molar-refractivity contribution in [1.82, 2.24) is 5.32 Å². The molecular weight excluding hydrogens is 317 g/mol. The summed E-state index contributed by atoms with van der Waals surface area (Å²) >= 11 is 3.09. The third-order valence-corrected chi connectivity index (χ3v) is 2.96. The molecule has 6 heteroatoms. The van der Waals surface area contributed by atoms with Gasteiger partial charge in [0, 0.05) is 12.6 Å². The molecule has 100 valence electrons. The second-order valence-electron chi connectivity index (χ2n) is 3.92. The minimum Gasteiger partial charge on any atom is -0.457 e. The molecule has 0 aliphatic carbocycles. The Labute approximate surface area is 117 Å². The van der Waals surface area contributed by atoms with E-state index in [0.717, 1.165) is 0 Å². The van der Waals surface area contributed by atoms with Crippen LogP contribution < -0.4 is 5.32 Å². The molecule has 2 aromatic rings. The van der Waals surface area contributed by atoms with Gasteiger partial charge in [-0.3, -0.25) is 4.79 Å².